The summed E-state index contributed by atoms with van der Waals surface area (Å²) in [6.07, 6.45) is 3.14. The van der Waals surface area contributed by atoms with Gasteiger partial charge in [-0.3, -0.25) is 9.59 Å². The van der Waals surface area contributed by atoms with Crippen LogP contribution in [0.1, 0.15) is 60.3 Å². The van der Waals surface area contributed by atoms with E-state index < -0.39 is 16.8 Å². The average Bonchev–Trinajstić information content (AvgIpc) is 2.61. The number of carboxylic acids is 1. The molecule has 116 valence electrons. The highest BCUT2D eigenvalue weighted by atomic mass is 16.4. The average molecular weight is 283 g/mol. The molecule has 0 bridgehead atoms. The molecule has 0 unspecified atom stereocenters. The number of hydrogen-bond acceptors (Lipinski definition) is 2. The number of amides is 1. The van der Waals surface area contributed by atoms with Crippen LogP contribution in [0, 0.1) is 16.7 Å². The molecule has 0 radical (unpaired) electrons. The fraction of sp³-hybridized carbons (Fsp3) is 0.875. The maximum atomic E-state index is 12.8. The Hall–Kier alpha value is -1.06. The van der Waals surface area contributed by atoms with Crippen LogP contribution in [0.3, 0.4) is 0 Å². The van der Waals surface area contributed by atoms with Gasteiger partial charge in [-0.1, -0.05) is 27.7 Å². The lowest BCUT2D eigenvalue weighted by Crippen LogP contribution is -2.47. The van der Waals surface area contributed by atoms with Crippen LogP contribution in [-0.2, 0) is 9.59 Å². The molecule has 1 aliphatic carbocycles. The van der Waals surface area contributed by atoms with Gasteiger partial charge in [0.25, 0.3) is 0 Å². The summed E-state index contributed by atoms with van der Waals surface area (Å²) in [5, 5.41) is 9.53. The second-order valence-corrected chi connectivity index (χ2v) is 6.78. The summed E-state index contributed by atoms with van der Waals surface area (Å²) in [7, 11) is 0. The maximum absolute atomic E-state index is 12.8. The van der Waals surface area contributed by atoms with Gasteiger partial charge in [-0.25, -0.2) is 0 Å². The molecule has 1 amide bonds. The summed E-state index contributed by atoms with van der Waals surface area (Å²) >= 11 is 0. The molecule has 1 aliphatic rings. The fourth-order valence-corrected chi connectivity index (χ4v) is 3.41. The summed E-state index contributed by atoms with van der Waals surface area (Å²) in [6.45, 7) is 11.3. The normalized spacial score (nSPS) is 28.4. The van der Waals surface area contributed by atoms with Gasteiger partial charge in [0, 0.05) is 19.0 Å². The van der Waals surface area contributed by atoms with Crippen LogP contribution < -0.4 is 0 Å². The molecular weight excluding hydrogens is 254 g/mol. The molecule has 1 saturated carbocycles. The molecule has 2 atom stereocenters. The molecule has 0 aromatic rings. The molecule has 1 fully saturated rings. The Morgan fingerprint density at radius 1 is 1.15 bits per heavy atom. The highest BCUT2D eigenvalue weighted by molar-refractivity contribution is 5.84. The zero-order valence-corrected chi connectivity index (χ0v) is 13.5. The van der Waals surface area contributed by atoms with Crippen molar-refractivity contribution in [3.8, 4) is 0 Å². The maximum Gasteiger partial charge on any atom is 0.309 e. The van der Waals surface area contributed by atoms with Crippen molar-refractivity contribution in [2.24, 2.45) is 16.7 Å². The van der Waals surface area contributed by atoms with E-state index in [0.717, 1.165) is 25.9 Å². The molecule has 1 rings (SSSR count). The fourth-order valence-electron chi connectivity index (χ4n) is 3.41. The summed E-state index contributed by atoms with van der Waals surface area (Å²) in [5.41, 5.74) is -1.31. The zero-order valence-electron chi connectivity index (χ0n) is 13.5. The first-order valence-corrected chi connectivity index (χ1v) is 7.74. The van der Waals surface area contributed by atoms with Crippen molar-refractivity contribution in [1.29, 1.82) is 0 Å². The van der Waals surface area contributed by atoms with Crippen molar-refractivity contribution < 1.29 is 14.7 Å². The summed E-state index contributed by atoms with van der Waals surface area (Å²) in [4.78, 5) is 26.3. The van der Waals surface area contributed by atoms with Gasteiger partial charge in [0.2, 0.25) is 5.91 Å². The Morgan fingerprint density at radius 2 is 1.65 bits per heavy atom. The van der Waals surface area contributed by atoms with Gasteiger partial charge in [-0.15, -0.1) is 0 Å². The number of carbonyl (C=O) groups excluding carboxylic acids is 1. The van der Waals surface area contributed by atoms with E-state index in [1.165, 1.54) is 0 Å². The van der Waals surface area contributed by atoms with Crippen LogP contribution >= 0.6 is 0 Å². The van der Waals surface area contributed by atoms with Crippen LogP contribution in [0.5, 0.6) is 0 Å². The Balaban J connectivity index is 2.97. The van der Waals surface area contributed by atoms with E-state index in [0.29, 0.717) is 12.8 Å². The number of aliphatic carboxylic acids is 1. The van der Waals surface area contributed by atoms with E-state index in [2.05, 4.69) is 13.8 Å². The Kier molecular flexibility index (Phi) is 5.22. The molecule has 0 aromatic heterocycles. The third-order valence-electron chi connectivity index (χ3n) is 5.30. The van der Waals surface area contributed by atoms with Gasteiger partial charge < -0.3 is 10.0 Å². The van der Waals surface area contributed by atoms with Crippen molar-refractivity contribution in [3.05, 3.63) is 0 Å². The van der Waals surface area contributed by atoms with Crippen LogP contribution in [0.4, 0.5) is 0 Å². The predicted molar refractivity (Wildman–Crippen MR) is 79.4 cm³/mol. The van der Waals surface area contributed by atoms with Crippen LogP contribution in [0.25, 0.3) is 0 Å². The van der Waals surface area contributed by atoms with Gasteiger partial charge in [0.05, 0.1) is 5.41 Å². The molecule has 0 spiro atoms. The number of hydrogen-bond donors (Lipinski definition) is 1. The van der Waals surface area contributed by atoms with Crippen molar-refractivity contribution in [2.75, 3.05) is 13.1 Å². The number of carbonyl (C=O) groups is 2. The van der Waals surface area contributed by atoms with Crippen LogP contribution in [0.15, 0.2) is 0 Å². The number of nitrogens with zero attached hydrogens (tertiary/aromatic N) is 1. The largest absolute Gasteiger partial charge is 0.481 e. The third kappa shape index (κ3) is 2.70. The first kappa shape index (κ1) is 17.0. The lowest BCUT2D eigenvalue weighted by atomic mass is 9.65. The Bertz CT molecular complexity index is 372. The van der Waals surface area contributed by atoms with E-state index in [-0.39, 0.29) is 11.8 Å². The minimum atomic E-state index is -0.808. The second kappa shape index (κ2) is 6.15. The minimum absolute atomic E-state index is 0.142. The van der Waals surface area contributed by atoms with Crippen molar-refractivity contribution in [3.63, 3.8) is 0 Å². The molecule has 4 nitrogen and oxygen atoms in total. The molecule has 0 aromatic carbocycles. The third-order valence-corrected chi connectivity index (χ3v) is 5.30. The smallest absolute Gasteiger partial charge is 0.309 e. The molecule has 20 heavy (non-hydrogen) atoms. The van der Waals surface area contributed by atoms with E-state index in [1.54, 1.807) is 6.92 Å². The quantitative estimate of drug-likeness (QED) is 0.814. The summed E-state index contributed by atoms with van der Waals surface area (Å²) in [6, 6.07) is 0. The van der Waals surface area contributed by atoms with E-state index >= 15 is 0 Å². The molecule has 0 saturated heterocycles. The van der Waals surface area contributed by atoms with Crippen molar-refractivity contribution >= 4 is 11.9 Å². The van der Waals surface area contributed by atoms with Gasteiger partial charge in [-0.2, -0.15) is 0 Å². The first-order chi connectivity index (χ1) is 9.22. The second-order valence-electron chi connectivity index (χ2n) is 6.78. The van der Waals surface area contributed by atoms with Gasteiger partial charge in [0.1, 0.15) is 0 Å². The topological polar surface area (TPSA) is 57.6 Å². The lowest BCUT2D eigenvalue weighted by molar-refractivity contribution is -0.156. The highest BCUT2D eigenvalue weighted by Crippen LogP contribution is 2.56. The molecule has 0 aliphatic heterocycles. The Morgan fingerprint density at radius 3 is 2.00 bits per heavy atom. The van der Waals surface area contributed by atoms with Crippen molar-refractivity contribution in [2.45, 2.75) is 60.3 Å². The van der Waals surface area contributed by atoms with Gasteiger partial charge in [0.15, 0.2) is 0 Å². The van der Waals surface area contributed by atoms with E-state index in [4.69, 9.17) is 0 Å². The number of carboxylic acid groups (broad SMARTS) is 1. The van der Waals surface area contributed by atoms with Crippen molar-refractivity contribution in [1.82, 2.24) is 4.90 Å². The van der Waals surface area contributed by atoms with E-state index in [1.807, 2.05) is 18.7 Å². The predicted octanol–water partition coefficient (Wildman–Crippen LogP) is 3.16. The van der Waals surface area contributed by atoms with Crippen LogP contribution in [-0.4, -0.2) is 35.0 Å². The highest BCUT2D eigenvalue weighted by Gasteiger charge is 2.58. The standard InChI is InChI=1S/C16H29NO3/c1-6-10-17(11-7-2)13(18)12-8-9-16(5,14(19)20)15(12,3)4/h12H,6-11H2,1-5H3,(H,19,20)/t12-,16-/m1/s1. The first-order valence-electron chi connectivity index (χ1n) is 7.74. The molecule has 1 N–H and O–H groups in total. The van der Waals surface area contributed by atoms with E-state index in [9.17, 15) is 14.7 Å². The minimum Gasteiger partial charge on any atom is -0.481 e. The Labute approximate surface area is 122 Å². The summed E-state index contributed by atoms with van der Waals surface area (Å²) < 4.78 is 0. The SMILES string of the molecule is CCCN(CCC)C(=O)[C@H]1CC[C@](C)(C(=O)O)C1(C)C. The zero-order chi connectivity index (χ0) is 15.6. The summed E-state index contributed by atoms with van der Waals surface area (Å²) in [5.74, 6) is -0.819. The number of rotatable bonds is 6. The molecule has 0 heterocycles. The molecule has 4 heteroatoms. The lowest BCUT2D eigenvalue weighted by Gasteiger charge is -2.39. The monoisotopic (exact) mass is 283 g/mol. The van der Waals surface area contributed by atoms with Crippen LogP contribution in [0.2, 0.25) is 0 Å². The van der Waals surface area contributed by atoms with Gasteiger partial charge in [-0.05, 0) is 38.0 Å². The molecular formula is C16H29NO3. The van der Waals surface area contributed by atoms with Gasteiger partial charge >= 0.3 is 5.97 Å².